The highest BCUT2D eigenvalue weighted by Crippen LogP contribution is 2.31. The molecular weight excluding hydrogens is 282 g/mol. The maximum Gasteiger partial charge on any atom is 0.254 e. The third-order valence-electron chi connectivity index (χ3n) is 4.34. The van der Waals surface area contributed by atoms with E-state index in [1.54, 1.807) is 11.3 Å². The van der Waals surface area contributed by atoms with Crippen LogP contribution in [-0.2, 0) is 25.9 Å². The summed E-state index contributed by atoms with van der Waals surface area (Å²) in [6.07, 6.45) is 4.32. The maximum atomic E-state index is 12.2. The second-order valence-corrected chi connectivity index (χ2v) is 7.16. The lowest BCUT2D eigenvalue weighted by Gasteiger charge is -2.27. The summed E-state index contributed by atoms with van der Waals surface area (Å²) in [5.74, 6) is 1.64. The van der Waals surface area contributed by atoms with Crippen LogP contribution in [0, 0.1) is 5.92 Å². The highest BCUT2D eigenvalue weighted by atomic mass is 32.1. The first-order valence-corrected chi connectivity index (χ1v) is 8.51. The number of nitrogens with zero attached hydrogens (tertiary/aromatic N) is 2. The Balaban J connectivity index is 1.55. The minimum absolute atomic E-state index is 0.0893. The van der Waals surface area contributed by atoms with Crippen LogP contribution in [0.1, 0.15) is 34.8 Å². The van der Waals surface area contributed by atoms with Gasteiger partial charge < -0.3 is 4.98 Å². The Morgan fingerprint density at radius 2 is 2.33 bits per heavy atom. The number of hydrogen-bond donors (Lipinski definition) is 1. The molecule has 0 amide bonds. The molecule has 5 heteroatoms. The van der Waals surface area contributed by atoms with Gasteiger partial charge in [-0.05, 0) is 36.6 Å². The molecule has 0 saturated heterocycles. The van der Waals surface area contributed by atoms with Crippen LogP contribution in [0.25, 0.3) is 0 Å². The quantitative estimate of drug-likeness (QED) is 0.943. The first-order chi connectivity index (χ1) is 10.3. The maximum absolute atomic E-state index is 12.2. The van der Waals surface area contributed by atoms with Gasteiger partial charge in [-0.3, -0.25) is 9.69 Å². The number of H-pyrrole nitrogens is 1. The molecule has 3 heterocycles. The summed E-state index contributed by atoms with van der Waals surface area (Å²) >= 11 is 1.79. The van der Waals surface area contributed by atoms with Gasteiger partial charge in [0.15, 0.2) is 0 Å². The van der Waals surface area contributed by atoms with E-state index in [2.05, 4.69) is 27.4 Å². The van der Waals surface area contributed by atoms with Crippen LogP contribution in [0.15, 0.2) is 22.3 Å². The van der Waals surface area contributed by atoms with Crippen molar-refractivity contribution in [2.45, 2.75) is 38.8 Å². The zero-order chi connectivity index (χ0) is 14.2. The van der Waals surface area contributed by atoms with Gasteiger partial charge in [-0.1, -0.05) is 6.07 Å². The lowest BCUT2D eigenvalue weighted by molar-refractivity contribution is 0.242. The SMILES string of the molecule is O=c1[nH]c(CC2CC2)nc2c1CCN(Cc1cccs1)C2. The van der Waals surface area contributed by atoms with Gasteiger partial charge in [-0.25, -0.2) is 4.98 Å². The summed E-state index contributed by atoms with van der Waals surface area (Å²) in [6, 6.07) is 4.26. The molecule has 0 bridgehead atoms. The molecule has 0 unspecified atom stereocenters. The Kier molecular flexibility index (Phi) is 3.39. The van der Waals surface area contributed by atoms with Crippen LogP contribution in [0.3, 0.4) is 0 Å². The second-order valence-electron chi connectivity index (χ2n) is 6.13. The molecule has 4 nitrogen and oxygen atoms in total. The van der Waals surface area contributed by atoms with E-state index in [9.17, 15) is 4.79 Å². The predicted molar refractivity (Wildman–Crippen MR) is 83.4 cm³/mol. The summed E-state index contributed by atoms with van der Waals surface area (Å²) in [5.41, 5.74) is 1.99. The molecule has 110 valence electrons. The zero-order valence-corrected chi connectivity index (χ0v) is 12.8. The molecule has 1 N–H and O–H groups in total. The normalized spacial score (nSPS) is 18.7. The lowest BCUT2D eigenvalue weighted by atomic mass is 10.1. The van der Waals surface area contributed by atoms with E-state index in [1.807, 2.05) is 0 Å². The Morgan fingerprint density at radius 3 is 3.10 bits per heavy atom. The van der Waals surface area contributed by atoms with Gasteiger partial charge >= 0.3 is 0 Å². The zero-order valence-electron chi connectivity index (χ0n) is 12.0. The predicted octanol–water partition coefficient (Wildman–Crippen LogP) is 2.34. The molecule has 2 aliphatic rings. The van der Waals surface area contributed by atoms with Crippen molar-refractivity contribution in [2.75, 3.05) is 6.54 Å². The van der Waals surface area contributed by atoms with Gasteiger partial charge in [-0.2, -0.15) is 0 Å². The highest BCUT2D eigenvalue weighted by molar-refractivity contribution is 7.09. The number of fused-ring (bicyclic) bond motifs is 1. The topological polar surface area (TPSA) is 49.0 Å². The molecule has 1 saturated carbocycles. The van der Waals surface area contributed by atoms with Crippen molar-refractivity contribution in [2.24, 2.45) is 5.92 Å². The van der Waals surface area contributed by atoms with Crippen LogP contribution in [0.5, 0.6) is 0 Å². The van der Waals surface area contributed by atoms with E-state index in [1.165, 1.54) is 17.7 Å². The molecule has 0 aromatic carbocycles. The van der Waals surface area contributed by atoms with Gasteiger partial charge in [0.2, 0.25) is 0 Å². The Morgan fingerprint density at radius 1 is 1.43 bits per heavy atom. The molecule has 1 fully saturated rings. The van der Waals surface area contributed by atoms with Gasteiger partial charge in [0.25, 0.3) is 5.56 Å². The van der Waals surface area contributed by atoms with E-state index < -0.39 is 0 Å². The van der Waals surface area contributed by atoms with Crippen molar-refractivity contribution in [3.63, 3.8) is 0 Å². The minimum atomic E-state index is 0.0893. The van der Waals surface area contributed by atoms with Crippen LogP contribution >= 0.6 is 11.3 Å². The number of thiophene rings is 1. The number of aromatic nitrogens is 2. The van der Waals surface area contributed by atoms with Gasteiger partial charge in [0, 0.05) is 36.5 Å². The molecule has 0 atom stereocenters. The van der Waals surface area contributed by atoms with Crippen molar-refractivity contribution >= 4 is 11.3 Å². The monoisotopic (exact) mass is 301 g/mol. The van der Waals surface area contributed by atoms with Crippen LogP contribution in [0.4, 0.5) is 0 Å². The van der Waals surface area contributed by atoms with Crippen molar-refractivity contribution in [1.82, 2.24) is 14.9 Å². The minimum Gasteiger partial charge on any atom is -0.310 e. The fourth-order valence-corrected chi connectivity index (χ4v) is 3.74. The van der Waals surface area contributed by atoms with E-state index in [0.717, 1.165) is 55.5 Å². The van der Waals surface area contributed by atoms with Gasteiger partial charge in [0.05, 0.1) is 5.69 Å². The van der Waals surface area contributed by atoms with E-state index >= 15 is 0 Å². The standard InChI is InChI=1S/C16H19N3OS/c20-16-13-5-6-19(9-12-2-1-7-21-12)10-14(13)17-15(18-16)8-11-3-4-11/h1-2,7,11H,3-6,8-10H2,(H,17,18,20). The molecule has 1 aliphatic carbocycles. The molecule has 0 radical (unpaired) electrons. The highest BCUT2D eigenvalue weighted by Gasteiger charge is 2.25. The fourth-order valence-electron chi connectivity index (χ4n) is 3.00. The summed E-state index contributed by atoms with van der Waals surface area (Å²) in [6.45, 7) is 2.70. The largest absolute Gasteiger partial charge is 0.310 e. The Bertz CT molecular complexity index is 688. The smallest absolute Gasteiger partial charge is 0.254 e. The van der Waals surface area contributed by atoms with Crippen molar-refractivity contribution in [3.05, 3.63) is 49.8 Å². The van der Waals surface area contributed by atoms with E-state index in [4.69, 9.17) is 4.98 Å². The van der Waals surface area contributed by atoms with Crippen molar-refractivity contribution in [3.8, 4) is 0 Å². The van der Waals surface area contributed by atoms with Gasteiger partial charge in [0.1, 0.15) is 5.82 Å². The second kappa shape index (κ2) is 5.39. The summed E-state index contributed by atoms with van der Waals surface area (Å²) in [5, 5.41) is 2.12. The number of hydrogen-bond acceptors (Lipinski definition) is 4. The first-order valence-electron chi connectivity index (χ1n) is 7.63. The lowest BCUT2D eigenvalue weighted by Crippen LogP contribution is -2.35. The number of aromatic amines is 1. The molecule has 21 heavy (non-hydrogen) atoms. The summed E-state index contributed by atoms with van der Waals surface area (Å²) < 4.78 is 0. The van der Waals surface area contributed by atoms with Crippen molar-refractivity contribution < 1.29 is 0 Å². The Labute approximate surface area is 127 Å². The number of nitrogens with one attached hydrogen (secondary N) is 1. The third-order valence-corrected chi connectivity index (χ3v) is 5.20. The first kappa shape index (κ1) is 13.2. The molecule has 4 rings (SSSR count). The molecule has 2 aromatic heterocycles. The van der Waals surface area contributed by atoms with Crippen molar-refractivity contribution in [1.29, 1.82) is 0 Å². The summed E-state index contributed by atoms with van der Waals surface area (Å²) in [4.78, 5) is 23.7. The fraction of sp³-hybridized carbons (Fsp3) is 0.500. The van der Waals surface area contributed by atoms with E-state index in [-0.39, 0.29) is 5.56 Å². The van der Waals surface area contributed by atoms with Crippen LogP contribution in [-0.4, -0.2) is 21.4 Å². The molecule has 0 spiro atoms. The average molecular weight is 301 g/mol. The average Bonchev–Trinajstić information content (AvgIpc) is 3.12. The van der Waals surface area contributed by atoms with E-state index in [0.29, 0.717) is 0 Å². The number of rotatable bonds is 4. The molecular formula is C16H19N3OS. The van der Waals surface area contributed by atoms with Gasteiger partial charge in [-0.15, -0.1) is 11.3 Å². The van der Waals surface area contributed by atoms with Crippen LogP contribution < -0.4 is 5.56 Å². The molecule has 2 aromatic rings. The summed E-state index contributed by atoms with van der Waals surface area (Å²) in [7, 11) is 0. The Hall–Kier alpha value is -1.46. The third kappa shape index (κ3) is 2.94. The molecule has 1 aliphatic heterocycles. The van der Waals surface area contributed by atoms with Crippen LogP contribution in [0.2, 0.25) is 0 Å².